The number of carboxylic acids is 1. The summed E-state index contributed by atoms with van der Waals surface area (Å²) in [6, 6.07) is 5.72. The number of hydrogen-bond donors (Lipinski definition) is 2. The molecule has 18 heavy (non-hydrogen) atoms. The number of aryl methyl sites for hydroxylation is 1. The van der Waals surface area contributed by atoms with Crippen molar-refractivity contribution in [1.29, 1.82) is 0 Å². The maximum absolute atomic E-state index is 10.7. The van der Waals surface area contributed by atoms with E-state index < -0.39 is 5.97 Å². The molecule has 1 rings (SSSR count). The molecule has 100 valence electrons. The van der Waals surface area contributed by atoms with Crippen LogP contribution in [0.5, 0.6) is 5.75 Å². The molecule has 0 radical (unpaired) electrons. The third-order valence-electron chi connectivity index (χ3n) is 3.41. The van der Waals surface area contributed by atoms with Crippen molar-refractivity contribution < 1.29 is 15.0 Å². The molecule has 0 spiro atoms. The average molecular weight is 250 g/mol. The van der Waals surface area contributed by atoms with Crippen LogP contribution < -0.4 is 0 Å². The smallest absolute Gasteiger partial charge is 0.306 e. The van der Waals surface area contributed by atoms with Gasteiger partial charge in [0.05, 0.1) is 5.92 Å². The van der Waals surface area contributed by atoms with Gasteiger partial charge in [-0.25, -0.2) is 0 Å². The number of carbonyl (C=O) groups is 1. The molecule has 0 aliphatic carbocycles. The van der Waals surface area contributed by atoms with Gasteiger partial charge in [0.1, 0.15) is 5.75 Å². The maximum Gasteiger partial charge on any atom is 0.306 e. The van der Waals surface area contributed by atoms with Crippen LogP contribution in [0.3, 0.4) is 0 Å². The number of benzene rings is 1. The Labute approximate surface area is 108 Å². The van der Waals surface area contributed by atoms with Crippen LogP contribution in [-0.2, 0) is 4.79 Å². The lowest BCUT2D eigenvalue weighted by Crippen LogP contribution is -2.09. The van der Waals surface area contributed by atoms with E-state index >= 15 is 0 Å². The molecule has 0 unspecified atom stereocenters. The topological polar surface area (TPSA) is 57.5 Å². The van der Waals surface area contributed by atoms with E-state index in [1.54, 1.807) is 13.0 Å². The Morgan fingerprint density at radius 2 is 1.94 bits per heavy atom. The van der Waals surface area contributed by atoms with Gasteiger partial charge in [0.15, 0.2) is 0 Å². The number of phenols is 1. The SMILES string of the molecule is Cc1ccc([C@@H](C)CCC[C@H](C)C(=O)O)c(O)c1. The molecule has 0 amide bonds. The van der Waals surface area contributed by atoms with Gasteiger partial charge in [0.2, 0.25) is 0 Å². The zero-order chi connectivity index (χ0) is 13.7. The summed E-state index contributed by atoms with van der Waals surface area (Å²) in [5.74, 6) is -0.426. The highest BCUT2D eigenvalue weighted by atomic mass is 16.4. The van der Waals surface area contributed by atoms with Crippen LogP contribution in [0.2, 0.25) is 0 Å². The minimum absolute atomic E-state index is 0.256. The minimum atomic E-state index is -0.735. The summed E-state index contributed by atoms with van der Waals surface area (Å²) in [7, 11) is 0. The molecule has 0 bridgehead atoms. The monoisotopic (exact) mass is 250 g/mol. The Morgan fingerprint density at radius 3 is 2.50 bits per heavy atom. The first-order valence-corrected chi connectivity index (χ1v) is 6.44. The van der Waals surface area contributed by atoms with Gasteiger partial charge in [-0.05, 0) is 42.9 Å². The summed E-state index contributed by atoms with van der Waals surface area (Å²) in [5.41, 5.74) is 1.99. The normalized spacial score (nSPS) is 14.2. The quantitative estimate of drug-likeness (QED) is 0.809. The zero-order valence-electron chi connectivity index (χ0n) is 11.3. The fourth-order valence-corrected chi connectivity index (χ4v) is 2.08. The molecule has 2 atom stereocenters. The highest BCUT2D eigenvalue weighted by molar-refractivity contribution is 5.69. The maximum atomic E-state index is 10.7. The molecule has 0 aromatic heterocycles. The van der Waals surface area contributed by atoms with E-state index in [2.05, 4.69) is 6.92 Å². The molecular weight excluding hydrogens is 228 g/mol. The first kappa shape index (κ1) is 14.6. The molecule has 0 saturated heterocycles. The molecule has 0 aliphatic rings. The van der Waals surface area contributed by atoms with Gasteiger partial charge in [-0.2, -0.15) is 0 Å². The van der Waals surface area contributed by atoms with Crippen LogP contribution in [0.4, 0.5) is 0 Å². The number of rotatable bonds is 6. The van der Waals surface area contributed by atoms with Crippen LogP contribution in [0.15, 0.2) is 18.2 Å². The van der Waals surface area contributed by atoms with Crippen molar-refractivity contribution in [3.63, 3.8) is 0 Å². The molecule has 1 aromatic rings. The highest BCUT2D eigenvalue weighted by Crippen LogP contribution is 2.30. The van der Waals surface area contributed by atoms with E-state index in [4.69, 9.17) is 5.11 Å². The molecule has 2 N–H and O–H groups in total. The minimum Gasteiger partial charge on any atom is -0.508 e. The molecule has 3 heteroatoms. The van der Waals surface area contributed by atoms with Crippen molar-refractivity contribution in [3.05, 3.63) is 29.3 Å². The van der Waals surface area contributed by atoms with E-state index in [1.807, 2.05) is 19.1 Å². The predicted octanol–water partition coefficient (Wildman–Crippen LogP) is 3.70. The van der Waals surface area contributed by atoms with Crippen LogP contribution in [0.1, 0.15) is 50.2 Å². The summed E-state index contributed by atoms with van der Waals surface area (Å²) in [4.78, 5) is 10.7. The second-order valence-electron chi connectivity index (χ2n) is 5.13. The van der Waals surface area contributed by atoms with E-state index in [9.17, 15) is 9.90 Å². The average Bonchev–Trinajstić information content (AvgIpc) is 2.28. The van der Waals surface area contributed by atoms with Crippen LogP contribution in [0, 0.1) is 12.8 Å². The van der Waals surface area contributed by atoms with Gasteiger partial charge < -0.3 is 10.2 Å². The van der Waals surface area contributed by atoms with E-state index in [1.165, 1.54) is 0 Å². The second kappa shape index (κ2) is 6.43. The number of hydrogen-bond acceptors (Lipinski definition) is 2. The lowest BCUT2D eigenvalue weighted by molar-refractivity contribution is -0.141. The Hall–Kier alpha value is -1.51. The van der Waals surface area contributed by atoms with Crippen molar-refractivity contribution in [2.75, 3.05) is 0 Å². The van der Waals surface area contributed by atoms with Gasteiger partial charge in [-0.15, -0.1) is 0 Å². The largest absolute Gasteiger partial charge is 0.508 e. The lowest BCUT2D eigenvalue weighted by Gasteiger charge is -2.14. The number of aromatic hydroxyl groups is 1. The lowest BCUT2D eigenvalue weighted by atomic mass is 9.92. The molecular formula is C15H22O3. The molecule has 0 aliphatic heterocycles. The standard InChI is InChI=1S/C15H22O3/c1-10-7-8-13(14(16)9-10)11(2)5-4-6-12(3)15(17)18/h7-9,11-12,16H,4-6H2,1-3H3,(H,17,18)/t11-,12-/m0/s1. The predicted molar refractivity (Wildman–Crippen MR) is 71.9 cm³/mol. The Balaban J connectivity index is 2.50. The summed E-state index contributed by atoms with van der Waals surface area (Å²) in [6.45, 7) is 5.74. The van der Waals surface area contributed by atoms with Gasteiger partial charge in [-0.1, -0.05) is 32.4 Å². The fourth-order valence-electron chi connectivity index (χ4n) is 2.08. The molecule has 1 aromatic carbocycles. The Bertz CT molecular complexity index is 412. The summed E-state index contributed by atoms with van der Waals surface area (Å²) in [6.07, 6.45) is 2.45. The van der Waals surface area contributed by atoms with Gasteiger partial charge in [-0.3, -0.25) is 4.79 Å². The number of carboxylic acid groups (broad SMARTS) is 1. The van der Waals surface area contributed by atoms with Gasteiger partial charge in [0.25, 0.3) is 0 Å². The molecule has 0 heterocycles. The number of phenolic OH excluding ortho intramolecular Hbond substituents is 1. The van der Waals surface area contributed by atoms with Crippen LogP contribution >= 0.6 is 0 Å². The third kappa shape index (κ3) is 4.06. The van der Waals surface area contributed by atoms with E-state index in [0.29, 0.717) is 12.2 Å². The first-order chi connectivity index (χ1) is 8.41. The highest BCUT2D eigenvalue weighted by Gasteiger charge is 2.13. The van der Waals surface area contributed by atoms with Crippen molar-refractivity contribution in [1.82, 2.24) is 0 Å². The third-order valence-corrected chi connectivity index (χ3v) is 3.41. The van der Waals surface area contributed by atoms with E-state index in [-0.39, 0.29) is 11.8 Å². The van der Waals surface area contributed by atoms with Gasteiger partial charge in [0, 0.05) is 0 Å². The van der Waals surface area contributed by atoms with Crippen molar-refractivity contribution >= 4 is 5.97 Å². The zero-order valence-corrected chi connectivity index (χ0v) is 11.3. The summed E-state index contributed by atoms with van der Waals surface area (Å²) < 4.78 is 0. The van der Waals surface area contributed by atoms with Crippen molar-refractivity contribution in [3.8, 4) is 5.75 Å². The first-order valence-electron chi connectivity index (χ1n) is 6.44. The second-order valence-corrected chi connectivity index (χ2v) is 5.13. The Morgan fingerprint density at radius 1 is 1.28 bits per heavy atom. The Kier molecular flexibility index (Phi) is 5.20. The van der Waals surface area contributed by atoms with Crippen LogP contribution in [-0.4, -0.2) is 16.2 Å². The fraction of sp³-hybridized carbons (Fsp3) is 0.533. The van der Waals surface area contributed by atoms with Crippen LogP contribution in [0.25, 0.3) is 0 Å². The molecule has 0 fully saturated rings. The van der Waals surface area contributed by atoms with E-state index in [0.717, 1.165) is 24.0 Å². The van der Waals surface area contributed by atoms with Crippen molar-refractivity contribution in [2.45, 2.75) is 46.0 Å². The summed E-state index contributed by atoms with van der Waals surface area (Å²) >= 11 is 0. The molecule has 0 saturated carbocycles. The molecule has 3 nitrogen and oxygen atoms in total. The summed E-state index contributed by atoms with van der Waals surface area (Å²) in [5, 5.41) is 18.7. The van der Waals surface area contributed by atoms with Crippen molar-refractivity contribution in [2.24, 2.45) is 5.92 Å². The van der Waals surface area contributed by atoms with Gasteiger partial charge >= 0.3 is 5.97 Å². The number of aliphatic carboxylic acids is 1.